The first-order chi connectivity index (χ1) is 22.2. The molecular formula is C34H57NaO13S. The van der Waals surface area contributed by atoms with Gasteiger partial charge in [-0.3, -0.25) is 4.18 Å². The Labute approximate surface area is 312 Å². The van der Waals surface area contributed by atoms with Crippen LogP contribution in [-0.2, 0) is 24.1 Å². The van der Waals surface area contributed by atoms with Crippen LogP contribution in [0.4, 0.5) is 0 Å². The molecule has 13 nitrogen and oxygen atoms in total. The molecule has 1 heterocycles. The summed E-state index contributed by atoms with van der Waals surface area (Å²) in [5, 5.41) is 76.2. The molecule has 1 aliphatic heterocycles. The summed E-state index contributed by atoms with van der Waals surface area (Å²) in [6.45, 7) is 9.99. The van der Waals surface area contributed by atoms with Crippen molar-refractivity contribution in [2.24, 2.45) is 52.3 Å². The number of aliphatic hydroxyl groups is 7. The summed E-state index contributed by atoms with van der Waals surface area (Å²) in [6.07, 6.45) is -2.36. The van der Waals surface area contributed by atoms with Crippen molar-refractivity contribution in [1.82, 2.24) is 0 Å². The molecular weight excluding hydrogens is 671 g/mol. The Morgan fingerprint density at radius 2 is 1.59 bits per heavy atom. The number of allylic oxidation sites excluding steroid dienone is 2. The molecule has 1 saturated heterocycles. The topological polar surface area (TPSA) is 226 Å². The van der Waals surface area contributed by atoms with Gasteiger partial charge < -0.3 is 49.8 Å². The van der Waals surface area contributed by atoms with Crippen LogP contribution in [0.15, 0.2) is 12.2 Å². The van der Waals surface area contributed by atoms with E-state index in [0.29, 0.717) is 38.5 Å². The predicted molar refractivity (Wildman–Crippen MR) is 170 cm³/mol. The molecule has 17 atom stereocenters. The SMILES string of the molecule is CC(C)C(/C=C/[C@@H](C)[C@H]1[C@@H](O)[C@H](OS(=O)(=O)[O-])C2[C@]3(O)C[C@@H](O)C4C[C@@H](O)CC[C@]4(C)C3CC[C@@]21C)CCOC1OCC(O)C(O)C1O.[Na+]. The van der Waals surface area contributed by atoms with Gasteiger partial charge in [0.1, 0.15) is 24.4 Å². The molecule has 7 N–H and O–H groups in total. The number of hydrogen-bond acceptors (Lipinski definition) is 13. The van der Waals surface area contributed by atoms with Crippen LogP contribution < -0.4 is 29.6 Å². The molecule has 5 rings (SSSR count). The van der Waals surface area contributed by atoms with E-state index in [1.54, 1.807) is 0 Å². The zero-order chi connectivity index (χ0) is 35.6. The van der Waals surface area contributed by atoms with Crippen LogP contribution in [0.3, 0.4) is 0 Å². The van der Waals surface area contributed by atoms with E-state index in [0.717, 1.165) is 0 Å². The maximum absolute atomic E-state index is 12.7. The molecule has 0 spiro atoms. The fourth-order valence-corrected chi connectivity index (χ4v) is 11.5. The Bertz CT molecular complexity index is 1270. The Hall–Kier alpha value is 0.250. The standard InChI is InChI=1S/C34H58O13S.Na/c1-17(2)19(10-13-45-31-28(40)26(38)23(37)16-46-31)7-6-18(3)25-27(39)29(47-48(42,43)44)30-33(25,5)12-9-24-32(4)11-8-20(35)14-21(32)22(36)15-34(24,30)41;/h6-7,17-31,35-41H,8-16H2,1-5H3,(H,42,43,44);/q;+1/p-1/b7-6+;/t18-,19?,20+,21?,22-,23?,24?,25+,26?,27-,28?,29+,30?,31?,32+,33-,34+;/m1./s1. The average Bonchev–Trinajstić information content (AvgIpc) is 3.20. The second-order valence-electron chi connectivity index (χ2n) is 16.4. The second kappa shape index (κ2) is 15.5. The van der Waals surface area contributed by atoms with E-state index >= 15 is 0 Å². The third kappa shape index (κ3) is 7.91. The minimum atomic E-state index is -5.26. The molecule has 5 fully saturated rings. The van der Waals surface area contributed by atoms with E-state index in [2.05, 4.69) is 0 Å². The fourth-order valence-electron chi connectivity index (χ4n) is 11.0. The summed E-state index contributed by atoms with van der Waals surface area (Å²) in [4.78, 5) is 0. The van der Waals surface area contributed by atoms with Crippen molar-refractivity contribution in [3.05, 3.63) is 12.2 Å². The monoisotopic (exact) mass is 728 g/mol. The Kier molecular flexibility index (Phi) is 13.3. The first-order valence-electron chi connectivity index (χ1n) is 17.6. The van der Waals surface area contributed by atoms with Crippen molar-refractivity contribution >= 4 is 10.4 Å². The second-order valence-corrected chi connectivity index (χ2v) is 17.4. The van der Waals surface area contributed by atoms with E-state index in [1.807, 2.05) is 46.8 Å². The molecule has 49 heavy (non-hydrogen) atoms. The van der Waals surface area contributed by atoms with E-state index in [1.165, 1.54) is 0 Å². The van der Waals surface area contributed by atoms with Gasteiger partial charge in [-0.05, 0) is 84.9 Å². The summed E-state index contributed by atoms with van der Waals surface area (Å²) in [5.74, 6) is -2.32. The van der Waals surface area contributed by atoms with Gasteiger partial charge in [0.2, 0.25) is 10.4 Å². The number of ether oxygens (including phenoxy) is 2. The largest absolute Gasteiger partial charge is 1.00 e. The molecule has 0 radical (unpaired) electrons. The van der Waals surface area contributed by atoms with Crippen LogP contribution in [-0.4, -0.2) is 117 Å². The van der Waals surface area contributed by atoms with Gasteiger partial charge in [-0.25, -0.2) is 8.42 Å². The molecule has 4 aliphatic carbocycles. The van der Waals surface area contributed by atoms with Crippen molar-refractivity contribution in [2.75, 3.05) is 13.2 Å². The van der Waals surface area contributed by atoms with Crippen molar-refractivity contribution in [1.29, 1.82) is 0 Å². The van der Waals surface area contributed by atoms with Crippen molar-refractivity contribution in [3.63, 3.8) is 0 Å². The van der Waals surface area contributed by atoms with Crippen LogP contribution >= 0.6 is 0 Å². The first-order valence-corrected chi connectivity index (χ1v) is 18.9. The summed E-state index contributed by atoms with van der Waals surface area (Å²) in [6, 6.07) is 0. The van der Waals surface area contributed by atoms with Crippen molar-refractivity contribution in [3.8, 4) is 0 Å². The molecule has 5 aliphatic rings. The average molecular weight is 729 g/mol. The van der Waals surface area contributed by atoms with Crippen LogP contribution in [0.25, 0.3) is 0 Å². The van der Waals surface area contributed by atoms with Gasteiger partial charge in [0, 0.05) is 12.3 Å². The number of rotatable bonds is 10. The van der Waals surface area contributed by atoms with Gasteiger partial charge in [-0.1, -0.05) is 46.8 Å². The van der Waals surface area contributed by atoms with Gasteiger partial charge in [0.05, 0.1) is 37.1 Å². The van der Waals surface area contributed by atoms with Gasteiger partial charge in [0.15, 0.2) is 6.29 Å². The third-order valence-electron chi connectivity index (χ3n) is 13.3. The first kappa shape index (κ1) is 42.0. The van der Waals surface area contributed by atoms with Crippen molar-refractivity contribution < 1.29 is 91.9 Å². The normalized spacial score (nSPS) is 48.4. The summed E-state index contributed by atoms with van der Waals surface area (Å²) < 4.78 is 52.4. The predicted octanol–water partition coefficient (Wildman–Crippen LogP) is -2.17. The van der Waals surface area contributed by atoms with E-state index in [9.17, 15) is 48.7 Å². The Balaban J connectivity index is 0.00000541. The Morgan fingerprint density at radius 3 is 2.22 bits per heavy atom. The van der Waals surface area contributed by atoms with E-state index < -0.39 is 87.7 Å². The molecule has 15 heteroatoms. The summed E-state index contributed by atoms with van der Waals surface area (Å²) in [5.41, 5.74) is -3.01. The number of aliphatic hydroxyl groups excluding tert-OH is 6. The molecule has 0 aromatic heterocycles. The van der Waals surface area contributed by atoms with Gasteiger partial charge in [0.25, 0.3) is 0 Å². The smallest absolute Gasteiger partial charge is 0.726 e. The fraction of sp³-hybridized carbons (Fsp3) is 0.941. The van der Waals surface area contributed by atoms with Crippen LogP contribution in [0.5, 0.6) is 0 Å². The molecule has 4 saturated carbocycles. The zero-order valence-electron chi connectivity index (χ0n) is 29.7. The third-order valence-corrected chi connectivity index (χ3v) is 13.8. The molecule has 0 aromatic carbocycles. The van der Waals surface area contributed by atoms with Gasteiger partial charge in [-0.2, -0.15) is 0 Å². The molecule has 278 valence electrons. The molecule has 8 unspecified atom stereocenters. The van der Waals surface area contributed by atoms with E-state index in [-0.39, 0.29) is 78.8 Å². The number of fused-ring (bicyclic) bond motifs is 5. The van der Waals surface area contributed by atoms with Gasteiger partial charge in [-0.15, -0.1) is 0 Å². The zero-order valence-corrected chi connectivity index (χ0v) is 32.5. The summed E-state index contributed by atoms with van der Waals surface area (Å²) >= 11 is 0. The minimum Gasteiger partial charge on any atom is -0.726 e. The van der Waals surface area contributed by atoms with Crippen molar-refractivity contribution in [2.45, 2.75) is 134 Å². The van der Waals surface area contributed by atoms with Gasteiger partial charge >= 0.3 is 29.6 Å². The quantitative estimate of drug-likeness (QED) is 0.0551. The maximum Gasteiger partial charge on any atom is 1.00 e. The van der Waals surface area contributed by atoms with Crippen LogP contribution in [0, 0.1) is 52.3 Å². The molecule has 0 amide bonds. The Morgan fingerprint density at radius 1 is 0.939 bits per heavy atom. The maximum atomic E-state index is 12.7. The van der Waals surface area contributed by atoms with E-state index in [4.69, 9.17) is 13.7 Å². The van der Waals surface area contributed by atoms with Crippen LogP contribution in [0.1, 0.15) is 79.6 Å². The summed E-state index contributed by atoms with van der Waals surface area (Å²) in [7, 11) is -5.26. The van der Waals surface area contributed by atoms with Crippen LogP contribution in [0.2, 0.25) is 0 Å². The molecule has 0 bridgehead atoms. The number of hydrogen-bond donors (Lipinski definition) is 7. The minimum absolute atomic E-state index is 0. The molecule has 0 aromatic rings.